The van der Waals surface area contributed by atoms with Crippen LogP contribution in [0.2, 0.25) is 0 Å². The zero-order valence-corrected chi connectivity index (χ0v) is 10.6. The highest BCUT2D eigenvalue weighted by Gasteiger charge is 2.19. The van der Waals surface area contributed by atoms with E-state index in [2.05, 4.69) is 10.6 Å². The predicted molar refractivity (Wildman–Crippen MR) is 68.6 cm³/mol. The van der Waals surface area contributed by atoms with Crippen LogP contribution in [0.5, 0.6) is 0 Å². The molecule has 1 aromatic rings. The molecule has 2 rings (SSSR count). The molecule has 98 valence electrons. The minimum absolute atomic E-state index is 0.0570. The Kier molecular flexibility index (Phi) is 4.31. The monoisotopic (exact) mass is 250 g/mol. The number of carbonyl (C=O) groups is 1. The van der Waals surface area contributed by atoms with Gasteiger partial charge in [0.1, 0.15) is 5.82 Å². The molecule has 1 aliphatic rings. The van der Waals surface area contributed by atoms with Crippen LogP contribution in [0, 0.1) is 12.7 Å². The van der Waals surface area contributed by atoms with Crippen molar-refractivity contribution in [1.82, 2.24) is 10.6 Å². The van der Waals surface area contributed by atoms with Crippen molar-refractivity contribution in [2.45, 2.75) is 38.8 Å². The molecule has 0 bridgehead atoms. The standard InChI is InChI=1S/C14H19FN2O/c1-10-5-6-12(15)8-11(10)9-17-13-4-2-3-7-16-14(13)18/h5-6,8,13,17H,2-4,7,9H2,1H3,(H,16,18)/t13-/m0/s1. The number of nitrogens with one attached hydrogen (secondary N) is 2. The normalized spacial score (nSPS) is 20.3. The molecule has 3 nitrogen and oxygen atoms in total. The molecule has 0 spiro atoms. The second kappa shape index (κ2) is 5.96. The Hall–Kier alpha value is -1.42. The first kappa shape index (κ1) is 13.0. The lowest BCUT2D eigenvalue weighted by Crippen LogP contribution is -2.42. The van der Waals surface area contributed by atoms with Crippen LogP contribution >= 0.6 is 0 Å². The van der Waals surface area contributed by atoms with Gasteiger partial charge in [-0.15, -0.1) is 0 Å². The Labute approximate surface area is 107 Å². The SMILES string of the molecule is Cc1ccc(F)cc1CN[C@H]1CCCCNC1=O. The minimum Gasteiger partial charge on any atom is -0.355 e. The van der Waals surface area contributed by atoms with Gasteiger partial charge in [-0.05, 0) is 49.4 Å². The van der Waals surface area contributed by atoms with E-state index in [0.717, 1.165) is 36.9 Å². The summed E-state index contributed by atoms with van der Waals surface area (Å²) in [7, 11) is 0. The summed E-state index contributed by atoms with van der Waals surface area (Å²) < 4.78 is 13.1. The van der Waals surface area contributed by atoms with Crippen LogP contribution in [-0.4, -0.2) is 18.5 Å². The van der Waals surface area contributed by atoms with Crippen LogP contribution in [0.25, 0.3) is 0 Å². The summed E-state index contributed by atoms with van der Waals surface area (Å²) in [6, 6.07) is 4.59. The fraction of sp³-hybridized carbons (Fsp3) is 0.500. The number of benzene rings is 1. The molecule has 0 aromatic heterocycles. The molecule has 1 aliphatic heterocycles. The van der Waals surface area contributed by atoms with Gasteiger partial charge in [-0.3, -0.25) is 4.79 Å². The molecule has 1 saturated heterocycles. The molecule has 4 heteroatoms. The van der Waals surface area contributed by atoms with E-state index in [4.69, 9.17) is 0 Å². The van der Waals surface area contributed by atoms with Gasteiger partial charge in [0, 0.05) is 13.1 Å². The lowest BCUT2D eigenvalue weighted by atomic mass is 10.1. The van der Waals surface area contributed by atoms with Crippen molar-refractivity contribution in [3.8, 4) is 0 Å². The first-order chi connectivity index (χ1) is 8.66. The van der Waals surface area contributed by atoms with Crippen molar-refractivity contribution in [3.05, 3.63) is 35.1 Å². The van der Waals surface area contributed by atoms with E-state index in [0.29, 0.717) is 6.54 Å². The maximum absolute atomic E-state index is 13.1. The van der Waals surface area contributed by atoms with E-state index in [1.165, 1.54) is 12.1 Å². The third-order valence-corrected chi connectivity index (χ3v) is 3.39. The average Bonchev–Trinajstić information content (AvgIpc) is 2.55. The van der Waals surface area contributed by atoms with Gasteiger partial charge in [0.25, 0.3) is 0 Å². The molecule has 0 saturated carbocycles. The van der Waals surface area contributed by atoms with Crippen molar-refractivity contribution in [3.63, 3.8) is 0 Å². The van der Waals surface area contributed by atoms with E-state index in [-0.39, 0.29) is 17.8 Å². The van der Waals surface area contributed by atoms with Crippen LogP contribution in [0.4, 0.5) is 4.39 Å². The fourth-order valence-electron chi connectivity index (χ4n) is 2.20. The van der Waals surface area contributed by atoms with Crippen molar-refractivity contribution >= 4 is 5.91 Å². The van der Waals surface area contributed by atoms with Gasteiger partial charge in [0.05, 0.1) is 6.04 Å². The van der Waals surface area contributed by atoms with Crippen LogP contribution < -0.4 is 10.6 Å². The molecule has 1 heterocycles. The molecule has 1 atom stereocenters. The van der Waals surface area contributed by atoms with Crippen molar-refractivity contribution in [2.24, 2.45) is 0 Å². The third-order valence-electron chi connectivity index (χ3n) is 3.39. The van der Waals surface area contributed by atoms with Gasteiger partial charge in [0.15, 0.2) is 0 Å². The quantitative estimate of drug-likeness (QED) is 0.860. The highest BCUT2D eigenvalue weighted by atomic mass is 19.1. The maximum atomic E-state index is 13.1. The maximum Gasteiger partial charge on any atom is 0.237 e. The van der Waals surface area contributed by atoms with Crippen LogP contribution in [0.1, 0.15) is 30.4 Å². The summed E-state index contributed by atoms with van der Waals surface area (Å²) in [6.45, 7) is 3.24. The predicted octanol–water partition coefficient (Wildman–Crippen LogP) is 1.89. The molecule has 0 aliphatic carbocycles. The molecular weight excluding hydrogens is 231 g/mol. The largest absolute Gasteiger partial charge is 0.355 e. The Morgan fingerprint density at radius 2 is 2.28 bits per heavy atom. The molecule has 1 fully saturated rings. The number of rotatable bonds is 3. The Bertz CT molecular complexity index is 434. The van der Waals surface area contributed by atoms with E-state index >= 15 is 0 Å². The summed E-state index contributed by atoms with van der Waals surface area (Å²) in [5, 5.41) is 6.10. The third kappa shape index (κ3) is 3.29. The van der Waals surface area contributed by atoms with Gasteiger partial charge in [-0.25, -0.2) is 4.39 Å². The second-order valence-electron chi connectivity index (χ2n) is 4.79. The molecule has 1 amide bonds. The van der Waals surface area contributed by atoms with Crippen molar-refractivity contribution in [1.29, 1.82) is 0 Å². The van der Waals surface area contributed by atoms with E-state index in [1.54, 1.807) is 6.07 Å². The first-order valence-electron chi connectivity index (χ1n) is 6.43. The topological polar surface area (TPSA) is 41.1 Å². The summed E-state index contributed by atoms with van der Waals surface area (Å²) >= 11 is 0. The molecule has 18 heavy (non-hydrogen) atoms. The first-order valence-corrected chi connectivity index (χ1v) is 6.43. The average molecular weight is 250 g/mol. The van der Waals surface area contributed by atoms with Gasteiger partial charge < -0.3 is 10.6 Å². The number of hydrogen-bond acceptors (Lipinski definition) is 2. The van der Waals surface area contributed by atoms with Crippen LogP contribution in [-0.2, 0) is 11.3 Å². The summed E-state index contributed by atoms with van der Waals surface area (Å²) in [5.74, 6) is -0.177. The zero-order chi connectivity index (χ0) is 13.0. The molecule has 0 radical (unpaired) electrons. The lowest BCUT2D eigenvalue weighted by Gasteiger charge is -2.16. The lowest BCUT2D eigenvalue weighted by molar-refractivity contribution is -0.122. The number of carbonyl (C=O) groups excluding carboxylic acids is 1. The summed E-state index contributed by atoms with van der Waals surface area (Å²) in [5.41, 5.74) is 1.95. The molecule has 2 N–H and O–H groups in total. The fourth-order valence-corrected chi connectivity index (χ4v) is 2.20. The van der Waals surface area contributed by atoms with Crippen LogP contribution in [0.3, 0.4) is 0 Å². The van der Waals surface area contributed by atoms with E-state index in [1.807, 2.05) is 6.92 Å². The number of amides is 1. The molecule has 0 unspecified atom stereocenters. The summed E-state index contributed by atoms with van der Waals surface area (Å²) in [4.78, 5) is 11.7. The Morgan fingerprint density at radius 1 is 1.44 bits per heavy atom. The molecular formula is C14H19FN2O. The number of aryl methyl sites for hydroxylation is 1. The zero-order valence-electron chi connectivity index (χ0n) is 10.6. The minimum atomic E-state index is -0.234. The van der Waals surface area contributed by atoms with Gasteiger partial charge in [-0.2, -0.15) is 0 Å². The molecule has 1 aromatic carbocycles. The number of hydrogen-bond donors (Lipinski definition) is 2. The number of halogens is 1. The highest BCUT2D eigenvalue weighted by Crippen LogP contribution is 2.11. The van der Waals surface area contributed by atoms with Crippen LogP contribution in [0.15, 0.2) is 18.2 Å². The smallest absolute Gasteiger partial charge is 0.237 e. The van der Waals surface area contributed by atoms with E-state index in [9.17, 15) is 9.18 Å². The van der Waals surface area contributed by atoms with Gasteiger partial charge in [-0.1, -0.05) is 6.07 Å². The second-order valence-corrected chi connectivity index (χ2v) is 4.79. The van der Waals surface area contributed by atoms with Gasteiger partial charge in [0.2, 0.25) is 5.91 Å². The van der Waals surface area contributed by atoms with Gasteiger partial charge >= 0.3 is 0 Å². The van der Waals surface area contributed by atoms with Crippen molar-refractivity contribution in [2.75, 3.05) is 6.54 Å². The Morgan fingerprint density at radius 3 is 3.11 bits per heavy atom. The highest BCUT2D eigenvalue weighted by molar-refractivity contribution is 5.81. The Balaban J connectivity index is 1.97. The summed E-state index contributed by atoms with van der Waals surface area (Å²) in [6.07, 6.45) is 2.92. The van der Waals surface area contributed by atoms with E-state index < -0.39 is 0 Å². The van der Waals surface area contributed by atoms with Crippen molar-refractivity contribution < 1.29 is 9.18 Å².